The Balaban J connectivity index is 2.63. The number of nitrogen functional groups attached to an aromatic ring is 1. The largest absolute Gasteiger partial charge is 0.399 e. The molecule has 2 aromatic rings. The van der Waals surface area contributed by atoms with Crippen molar-refractivity contribution in [3.05, 3.63) is 48.0 Å². The number of nitrogens with two attached hydrogens (primary N) is 2. The third-order valence-corrected chi connectivity index (χ3v) is 3.73. The molecule has 0 aromatic heterocycles. The molecule has 0 saturated carbocycles. The molecule has 5 nitrogen and oxygen atoms in total. The molecule has 0 aliphatic rings. The van der Waals surface area contributed by atoms with Gasteiger partial charge in [-0.2, -0.15) is 0 Å². The third-order valence-electron chi connectivity index (χ3n) is 2.76. The highest BCUT2D eigenvalue weighted by atomic mass is 32.2. The molecule has 2 rings (SSSR count). The quantitative estimate of drug-likeness (QED) is 0.730. The zero-order valence-corrected chi connectivity index (χ0v) is 10.9. The summed E-state index contributed by atoms with van der Waals surface area (Å²) in [5.41, 5.74) is 8.01. The number of primary sulfonamides is 1. The predicted octanol–water partition coefficient (Wildman–Crippen LogP) is 1.08. The second-order valence-corrected chi connectivity index (χ2v) is 5.69. The molecule has 2 aromatic carbocycles. The van der Waals surface area contributed by atoms with Crippen molar-refractivity contribution in [3.63, 3.8) is 0 Å². The zero-order valence-electron chi connectivity index (χ0n) is 10.1. The van der Waals surface area contributed by atoms with E-state index in [4.69, 9.17) is 16.0 Å². The molecule has 0 unspecified atom stereocenters. The van der Waals surface area contributed by atoms with Crippen molar-refractivity contribution in [2.24, 2.45) is 5.14 Å². The number of aliphatic hydroxyl groups excluding tert-OH is 1. The van der Waals surface area contributed by atoms with E-state index in [0.717, 1.165) is 5.56 Å². The summed E-state index contributed by atoms with van der Waals surface area (Å²) in [4.78, 5) is 0.0263. The third kappa shape index (κ3) is 2.93. The van der Waals surface area contributed by atoms with Gasteiger partial charge < -0.3 is 10.8 Å². The fraction of sp³-hybridized carbons (Fsp3) is 0.0769. The van der Waals surface area contributed by atoms with E-state index < -0.39 is 10.0 Å². The fourth-order valence-electron chi connectivity index (χ4n) is 1.81. The second kappa shape index (κ2) is 5.00. The standard InChI is InChI=1S/C13H14N2O3S/c14-11-5-6-13(19(15,17)18)12(7-11)10-3-1-9(8-16)2-4-10/h1-7,16H,8,14H2,(H2,15,17,18). The van der Waals surface area contributed by atoms with Crippen LogP contribution < -0.4 is 10.9 Å². The fourth-order valence-corrected chi connectivity index (χ4v) is 2.55. The summed E-state index contributed by atoms with van der Waals surface area (Å²) in [5, 5.41) is 14.2. The van der Waals surface area contributed by atoms with E-state index in [-0.39, 0.29) is 11.5 Å². The van der Waals surface area contributed by atoms with Gasteiger partial charge in [0.2, 0.25) is 10.0 Å². The molecule has 0 saturated heterocycles. The van der Waals surface area contributed by atoms with E-state index in [1.165, 1.54) is 12.1 Å². The molecule has 19 heavy (non-hydrogen) atoms. The molecule has 0 aliphatic carbocycles. The van der Waals surface area contributed by atoms with Crippen molar-refractivity contribution < 1.29 is 13.5 Å². The summed E-state index contributed by atoms with van der Waals surface area (Å²) in [5.74, 6) is 0. The normalized spacial score (nSPS) is 11.5. The number of hydrogen-bond donors (Lipinski definition) is 3. The maximum Gasteiger partial charge on any atom is 0.238 e. The molecule has 6 heteroatoms. The summed E-state index contributed by atoms with van der Waals surface area (Å²) in [7, 11) is -3.82. The lowest BCUT2D eigenvalue weighted by molar-refractivity contribution is 0.282. The van der Waals surface area contributed by atoms with E-state index in [0.29, 0.717) is 16.8 Å². The van der Waals surface area contributed by atoms with E-state index >= 15 is 0 Å². The van der Waals surface area contributed by atoms with Crippen molar-refractivity contribution in [1.29, 1.82) is 0 Å². The van der Waals surface area contributed by atoms with E-state index in [9.17, 15) is 8.42 Å². The monoisotopic (exact) mass is 278 g/mol. The van der Waals surface area contributed by atoms with Crippen molar-refractivity contribution >= 4 is 15.7 Å². The number of sulfonamides is 1. The van der Waals surface area contributed by atoms with Crippen LogP contribution >= 0.6 is 0 Å². The number of benzene rings is 2. The van der Waals surface area contributed by atoms with Gasteiger partial charge in [0.05, 0.1) is 11.5 Å². The van der Waals surface area contributed by atoms with Gasteiger partial charge in [-0.25, -0.2) is 13.6 Å². The first-order valence-electron chi connectivity index (χ1n) is 5.54. The average Bonchev–Trinajstić information content (AvgIpc) is 2.37. The van der Waals surface area contributed by atoms with Crippen LogP contribution in [0.1, 0.15) is 5.56 Å². The summed E-state index contributed by atoms with van der Waals surface area (Å²) in [6, 6.07) is 11.3. The van der Waals surface area contributed by atoms with Gasteiger partial charge in [-0.3, -0.25) is 0 Å². The highest BCUT2D eigenvalue weighted by Crippen LogP contribution is 2.28. The molecule has 0 atom stereocenters. The topological polar surface area (TPSA) is 106 Å². The summed E-state index contributed by atoms with van der Waals surface area (Å²) < 4.78 is 23.1. The highest BCUT2D eigenvalue weighted by molar-refractivity contribution is 7.89. The van der Waals surface area contributed by atoms with Crippen LogP contribution in [0.2, 0.25) is 0 Å². The maximum absolute atomic E-state index is 11.6. The Kier molecular flexibility index (Phi) is 3.57. The van der Waals surface area contributed by atoms with Gasteiger partial charge in [-0.1, -0.05) is 24.3 Å². The lowest BCUT2D eigenvalue weighted by Crippen LogP contribution is -2.13. The van der Waals surface area contributed by atoms with Crippen molar-refractivity contribution in [2.75, 3.05) is 5.73 Å². The molecule has 0 aliphatic heterocycles. The molecule has 0 amide bonds. The van der Waals surface area contributed by atoms with Crippen LogP contribution in [-0.2, 0) is 16.6 Å². The van der Waals surface area contributed by atoms with Crippen LogP contribution in [-0.4, -0.2) is 13.5 Å². The van der Waals surface area contributed by atoms with Gasteiger partial charge in [-0.05, 0) is 29.3 Å². The van der Waals surface area contributed by atoms with E-state index in [1.54, 1.807) is 30.3 Å². The average molecular weight is 278 g/mol. The smallest absolute Gasteiger partial charge is 0.238 e. The Hall–Kier alpha value is -1.89. The van der Waals surface area contributed by atoms with E-state index in [1.807, 2.05) is 0 Å². The van der Waals surface area contributed by atoms with Crippen LogP contribution in [0.4, 0.5) is 5.69 Å². The first-order chi connectivity index (χ1) is 8.91. The minimum Gasteiger partial charge on any atom is -0.399 e. The Morgan fingerprint density at radius 1 is 1.05 bits per heavy atom. The van der Waals surface area contributed by atoms with Crippen molar-refractivity contribution in [3.8, 4) is 11.1 Å². The first kappa shape index (κ1) is 13.5. The molecule has 100 valence electrons. The van der Waals surface area contributed by atoms with Crippen molar-refractivity contribution in [2.45, 2.75) is 11.5 Å². The van der Waals surface area contributed by atoms with Gasteiger partial charge in [0.1, 0.15) is 0 Å². The summed E-state index contributed by atoms with van der Waals surface area (Å²) >= 11 is 0. The molecule has 0 radical (unpaired) electrons. The highest BCUT2D eigenvalue weighted by Gasteiger charge is 2.15. The number of rotatable bonds is 3. The van der Waals surface area contributed by atoms with Crippen LogP contribution in [0, 0.1) is 0 Å². The Morgan fingerprint density at radius 3 is 2.21 bits per heavy atom. The van der Waals surface area contributed by atoms with E-state index in [2.05, 4.69) is 0 Å². The molecule has 0 fully saturated rings. The molecule has 0 heterocycles. The van der Waals surface area contributed by atoms with Gasteiger partial charge in [0, 0.05) is 11.3 Å². The maximum atomic E-state index is 11.6. The number of hydrogen-bond acceptors (Lipinski definition) is 4. The molecular formula is C13H14N2O3S. The van der Waals surface area contributed by atoms with Gasteiger partial charge >= 0.3 is 0 Å². The Labute approximate surface area is 111 Å². The van der Waals surface area contributed by atoms with Gasteiger partial charge in [0.25, 0.3) is 0 Å². The van der Waals surface area contributed by atoms with Crippen LogP contribution in [0.15, 0.2) is 47.4 Å². The molecule has 0 bridgehead atoms. The SMILES string of the molecule is Nc1ccc(S(N)(=O)=O)c(-c2ccc(CO)cc2)c1. The first-order valence-corrected chi connectivity index (χ1v) is 7.09. The van der Waals surface area contributed by atoms with Crippen molar-refractivity contribution in [1.82, 2.24) is 0 Å². The minimum atomic E-state index is -3.82. The molecule has 5 N–H and O–H groups in total. The van der Waals surface area contributed by atoms with Crippen LogP contribution in [0.25, 0.3) is 11.1 Å². The summed E-state index contributed by atoms with van der Waals surface area (Å²) in [6.07, 6.45) is 0. The molecule has 0 spiro atoms. The van der Waals surface area contributed by atoms with Gasteiger partial charge in [-0.15, -0.1) is 0 Å². The lowest BCUT2D eigenvalue weighted by Gasteiger charge is -2.09. The van der Waals surface area contributed by atoms with Crippen LogP contribution in [0.5, 0.6) is 0 Å². The Bertz CT molecular complexity index is 694. The second-order valence-electron chi connectivity index (χ2n) is 4.16. The molecular weight excluding hydrogens is 264 g/mol. The zero-order chi connectivity index (χ0) is 14.0. The number of aliphatic hydroxyl groups is 1. The predicted molar refractivity (Wildman–Crippen MR) is 73.6 cm³/mol. The summed E-state index contributed by atoms with van der Waals surface area (Å²) in [6.45, 7) is -0.0702. The van der Waals surface area contributed by atoms with Crippen LogP contribution in [0.3, 0.4) is 0 Å². The minimum absolute atomic E-state index is 0.0263. The lowest BCUT2D eigenvalue weighted by atomic mass is 10.0. The Morgan fingerprint density at radius 2 is 1.68 bits per heavy atom. The van der Waals surface area contributed by atoms with Gasteiger partial charge in [0.15, 0.2) is 0 Å². The number of anilines is 1.